The van der Waals surface area contributed by atoms with Crippen LogP contribution in [0, 0.1) is 11.8 Å². The van der Waals surface area contributed by atoms with E-state index in [0.717, 1.165) is 38.5 Å². The number of rotatable bonds is 20. The van der Waals surface area contributed by atoms with Gasteiger partial charge in [-0.1, -0.05) is 72.6 Å². The molecule has 0 bridgehead atoms. The van der Waals surface area contributed by atoms with Crippen molar-refractivity contribution >= 4 is 44.1 Å². The van der Waals surface area contributed by atoms with Gasteiger partial charge in [-0.3, -0.25) is 28.3 Å². The Hall–Kier alpha value is -2.30. The van der Waals surface area contributed by atoms with E-state index in [2.05, 4.69) is 0 Å². The minimum absolute atomic E-state index is 0.0287. The molecular formula is C24H44O14S2. The van der Waals surface area contributed by atoms with Crippen molar-refractivity contribution < 1.29 is 65.2 Å². The minimum Gasteiger partial charge on any atom is -0.481 e. The third kappa shape index (κ3) is 14.9. The van der Waals surface area contributed by atoms with Crippen LogP contribution in [0.15, 0.2) is 0 Å². The SMILES string of the molecule is CCCCC(CC)CC(CC(=O)O)(C(=O)O)S(=O)(=O)O.CCCCC(CC)COC(=O)C(CC(=O)O)S(=O)(=O)O. The summed E-state index contributed by atoms with van der Waals surface area (Å²) in [6.07, 6.45) is 3.77. The van der Waals surface area contributed by atoms with Crippen LogP contribution in [-0.4, -0.2) is 81.7 Å². The molecule has 0 aliphatic heterocycles. The van der Waals surface area contributed by atoms with Gasteiger partial charge in [0.2, 0.25) is 4.75 Å². The first-order valence-corrected chi connectivity index (χ1v) is 16.0. The third-order valence-electron chi connectivity index (χ3n) is 6.47. The van der Waals surface area contributed by atoms with Crippen LogP contribution < -0.4 is 0 Å². The van der Waals surface area contributed by atoms with Crippen molar-refractivity contribution in [3.05, 3.63) is 0 Å². The van der Waals surface area contributed by atoms with Gasteiger partial charge < -0.3 is 20.1 Å². The number of unbranched alkanes of at least 4 members (excludes halogenated alkanes) is 2. The number of carboxylic acid groups (broad SMARTS) is 3. The van der Waals surface area contributed by atoms with Gasteiger partial charge in [0.25, 0.3) is 20.2 Å². The van der Waals surface area contributed by atoms with E-state index in [1.54, 1.807) is 6.92 Å². The van der Waals surface area contributed by atoms with Crippen LogP contribution in [0.2, 0.25) is 0 Å². The Kier molecular flexibility index (Phi) is 18.9. The lowest BCUT2D eigenvalue weighted by molar-refractivity contribution is -0.148. The number of carboxylic acids is 3. The maximum Gasteiger partial charge on any atom is 0.328 e. The first-order valence-electron chi connectivity index (χ1n) is 13.1. The number of carbonyl (C=O) groups excluding carboxylic acids is 1. The number of hydrogen-bond donors (Lipinski definition) is 5. The molecule has 0 radical (unpaired) electrons. The highest BCUT2D eigenvalue weighted by atomic mass is 32.2. The van der Waals surface area contributed by atoms with Crippen molar-refractivity contribution in [3.8, 4) is 0 Å². The normalized spacial score (nSPS) is 15.4. The van der Waals surface area contributed by atoms with Crippen LogP contribution in [0.4, 0.5) is 0 Å². The van der Waals surface area contributed by atoms with E-state index in [1.807, 2.05) is 20.8 Å². The summed E-state index contributed by atoms with van der Waals surface area (Å²) in [5, 5.41) is 24.4. The summed E-state index contributed by atoms with van der Waals surface area (Å²) in [7, 11) is -9.82. The van der Waals surface area contributed by atoms with E-state index in [-0.39, 0.29) is 18.4 Å². The molecule has 14 nitrogen and oxygen atoms in total. The van der Waals surface area contributed by atoms with E-state index in [1.165, 1.54) is 0 Å². The Bertz CT molecular complexity index is 1020. The predicted octanol–water partition coefficient (Wildman–Crippen LogP) is 3.26. The largest absolute Gasteiger partial charge is 0.481 e. The maximum atomic E-state index is 11.6. The lowest BCUT2D eigenvalue weighted by atomic mass is 9.86. The van der Waals surface area contributed by atoms with E-state index in [4.69, 9.17) is 19.5 Å². The fourth-order valence-corrected chi connectivity index (χ4v) is 5.49. The monoisotopic (exact) mass is 620 g/mol. The van der Waals surface area contributed by atoms with Crippen LogP contribution >= 0.6 is 0 Å². The fraction of sp³-hybridized carbons (Fsp3) is 0.833. The molecule has 0 rings (SSSR count). The molecule has 0 saturated carbocycles. The van der Waals surface area contributed by atoms with E-state index in [9.17, 15) is 45.7 Å². The van der Waals surface area contributed by atoms with E-state index < -0.39 is 73.4 Å². The van der Waals surface area contributed by atoms with Gasteiger partial charge in [-0.05, 0) is 24.7 Å². The Balaban J connectivity index is 0. The number of hydrogen-bond acceptors (Lipinski definition) is 9. The lowest BCUT2D eigenvalue weighted by Gasteiger charge is -2.28. The molecular weight excluding hydrogens is 576 g/mol. The average molecular weight is 621 g/mol. The number of esters is 1. The molecule has 40 heavy (non-hydrogen) atoms. The van der Waals surface area contributed by atoms with Crippen LogP contribution in [0.25, 0.3) is 0 Å². The Morgan fingerprint density at radius 1 is 0.775 bits per heavy atom. The summed E-state index contributed by atoms with van der Waals surface area (Å²) in [4.78, 5) is 44.2. The lowest BCUT2D eigenvalue weighted by Crippen LogP contribution is -2.49. The first kappa shape index (κ1) is 39.8. The predicted molar refractivity (Wildman–Crippen MR) is 144 cm³/mol. The van der Waals surface area contributed by atoms with Gasteiger partial charge in [0.05, 0.1) is 19.4 Å². The summed E-state index contributed by atoms with van der Waals surface area (Å²) in [6, 6.07) is 0. The van der Waals surface area contributed by atoms with Crippen LogP contribution in [0.1, 0.15) is 98.3 Å². The second-order valence-corrected chi connectivity index (χ2v) is 12.9. The number of ether oxygens (including phenoxy) is 1. The zero-order chi connectivity index (χ0) is 31.7. The highest BCUT2D eigenvalue weighted by Crippen LogP contribution is 2.33. The summed E-state index contributed by atoms with van der Waals surface area (Å²) in [6.45, 7) is 7.70. The summed E-state index contributed by atoms with van der Waals surface area (Å²) in [5.41, 5.74) is 0. The third-order valence-corrected chi connectivity index (χ3v) is 9.02. The Labute approximate surface area is 236 Å². The smallest absolute Gasteiger partial charge is 0.328 e. The van der Waals surface area contributed by atoms with Crippen LogP contribution in [0.5, 0.6) is 0 Å². The Morgan fingerprint density at radius 2 is 1.25 bits per heavy atom. The van der Waals surface area contributed by atoms with Crippen molar-refractivity contribution in [1.29, 1.82) is 0 Å². The van der Waals surface area contributed by atoms with E-state index in [0.29, 0.717) is 12.8 Å². The van der Waals surface area contributed by atoms with Gasteiger partial charge in [0.15, 0.2) is 5.25 Å². The Morgan fingerprint density at radius 3 is 1.57 bits per heavy atom. The molecule has 4 atom stereocenters. The summed E-state index contributed by atoms with van der Waals surface area (Å²) in [5.74, 6) is -6.28. The van der Waals surface area contributed by atoms with Crippen LogP contribution in [-0.2, 0) is 44.2 Å². The molecule has 0 heterocycles. The van der Waals surface area contributed by atoms with E-state index >= 15 is 0 Å². The van der Waals surface area contributed by atoms with Crippen LogP contribution in [0.3, 0.4) is 0 Å². The number of carbonyl (C=O) groups is 4. The molecule has 0 amide bonds. The molecule has 0 saturated heterocycles. The maximum absolute atomic E-state index is 11.6. The molecule has 4 unspecified atom stereocenters. The quantitative estimate of drug-likeness (QED) is 0.0968. The second-order valence-electron chi connectivity index (χ2n) is 9.61. The second kappa shape index (κ2) is 18.9. The van der Waals surface area contributed by atoms with Crippen molar-refractivity contribution in [2.45, 2.75) is 108 Å². The molecule has 0 aromatic carbocycles. The molecule has 16 heteroatoms. The van der Waals surface area contributed by atoms with Gasteiger partial charge in [0, 0.05) is 0 Å². The molecule has 0 aliphatic rings. The molecule has 0 spiro atoms. The zero-order valence-electron chi connectivity index (χ0n) is 23.4. The molecule has 0 fully saturated rings. The first-order chi connectivity index (χ1) is 18.3. The van der Waals surface area contributed by atoms with Crippen molar-refractivity contribution in [3.63, 3.8) is 0 Å². The van der Waals surface area contributed by atoms with Crippen molar-refractivity contribution in [1.82, 2.24) is 0 Å². The fourth-order valence-electron chi connectivity index (χ4n) is 3.86. The summed E-state index contributed by atoms with van der Waals surface area (Å²) < 4.78 is 65.2. The summed E-state index contributed by atoms with van der Waals surface area (Å²) >= 11 is 0. The molecule has 0 aromatic rings. The molecule has 5 N–H and O–H groups in total. The topological polar surface area (TPSA) is 247 Å². The van der Waals surface area contributed by atoms with Gasteiger partial charge in [-0.15, -0.1) is 0 Å². The van der Waals surface area contributed by atoms with Gasteiger partial charge in [-0.25, -0.2) is 0 Å². The zero-order valence-corrected chi connectivity index (χ0v) is 25.1. The molecule has 236 valence electrons. The standard InChI is InChI=1S/2C12H22O7S/c1-3-5-6-9(4-2)8-19-12(15)10(7-11(13)14)20(16,17)18;1-3-5-6-9(4-2)7-12(11(15)16,8-10(13)14)20(17,18)19/h9-10H,3-8H2,1-2H3,(H,13,14)(H,16,17,18);9H,3-8H2,1-2H3,(H,13,14)(H,15,16)(H,17,18,19). The minimum atomic E-state index is -5.03. The molecule has 0 aliphatic carbocycles. The van der Waals surface area contributed by atoms with Gasteiger partial charge in [-0.2, -0.15) is 16.8 Å². The number of aliphatic carboxylic acids is 3. The molecule has 0 aromatic heterocycles. The highest BCUT2D eigenvalue weighted by Gasteiger charge is 2.53. The van der Waals surface area contributed by atoms with Crippen molar-refractivity contribution in [2.75, 3.05) is 6.61 Å². The van der Waals surface area contributed by atoms with Gasteiger partial charge >= 0.3 is 23.9 Å². The van der Waals surface area contributed by atoms with Crippen molar-refractivity contribution in [2.24, 2.45) is 11.8 Å². The average Bonchev–Trinajstić information content (AvgIpc) is 2.82. The highest BCUT2D eigenvalue weighted by molar-refractivity contribution is 7.88. The van der Waals surface area contributed by atoms with Gasteiger partial charge in [0.1, 0.15) is 0 Å².